The third kappa shape index (κ3) is 2.92. The summed E-state index contributed by atoms with van der Waals surface area (Å²) in [5, 5.41) is 0. The van der Waals surface area contributed by atoms with E-state index in [1.54, 1.807) is 12.1 Å². The molecule has 19 heavy (non-hydrogen) atoms. The van der Waals surface area contributed by atoms with Crippen LogP contribution in [0.5, 0.6) is 0 Å². The Kier molecular flexibility index (Phi) is 3.84. The van der Waals surface area contributed by atoms with E-state index in [-0.39, 0.29) is 11.1 Å². The van der Waals surface area contributed by atoms with E-state index >= 15 is 0 Å². The molecule has 0 aliphatic rings. The fourth-order valence-electron chi connectivity index (χ4n) is 2.03. The molecule has 2 N–H and O–H groups in total. The van der Waals surface area contributed by atoms with Gasteiger partial charge in [0.2, 0.25) is 0 Å². The fraction of sp³-hybridized carbons (Fsp3) is 0.250. The Bertz CT molecular complexity index is 530. The van der Waals surface area contributed by atoms with Crippen LogP contribution in [0.3, 0.4) is 0 Å². The van der Waals surface area contributed by atoms with Gasteiger partial charge in [0.25, 0.3) is 5.92 Å². The SMILES string of the molecule is CCCc1ccc(C(F)(F)c2ccc(N)cc2)cc1. The average molecular weight is 261 g/mol. The normalized spacial score (nSPS) is 11.5. The van der Waals surface area contributed by atoms with E-state index in [1.165, 1.54) is 36.4 Å². The Morgan fingerprint density at radius 2 is 1.37 bits per heavy atom. The Morgan fingerprint density at radius 3 is 1.84 bits per heavy atom. The van der Waals surface area contributed by atoms with Gasteiger partial charge in [0.15, 0.2) is 0 Å². The monoisotopic (exact) mass is 261 g/mol. The first-order valence-corrected chi connectivity index (χ1v) is 6.37. The topological polar surface area (TPSA) is 26.0 Å². The lowest BCUT2D eigenvalue weighted by atomic mass is 9.98. The maximum atomic E-state index is 14.3. The Balaban J connectivity index is 2.30. The first-order chi connectivity index (χ1) is 9.04. The van der Waals surface area contributed by atoms with E-state index in [4.69, 9.17) is 5.73 Å². The van der Waals surface area contributed by atoms with Crippen molar-refractivity contribution in [3.05, 3.63) is 65.2 Å². The molecule has 2 rings (SSSR count). The van der Waals surface area contributed by atoms with Crippen LogP contribution in [0, 0.1) is 0 Å². The number of halogens is 2. The molecule has 0 aromatic heterocycles. The number of anilines is 1. The molecule has 0 bridgehead atoms. The molecule has 0 aliphatic heterocycles. The molecule has 0 unspecified atom stereocenters. The Hall–Kier alpha value is -1.90. The summed E-state index contributed by atoms with van der Waals surface area (Å²) >= 11 is 0. The van der Waals surface area contributed by atoms with E-state index in [0.29, 0.717) is 5.69 Å². The number of nitrogens with two attached hydrogens (primary N) is 1. The molecule has 0 radical (unpaired) electrons. The molecule has 0 aliphatic carbocycles. The molecule has 0 saturated carbocycles. The predicted molar refractivity (Wildman–Crippen MR) is 74.3 cm³/mol. The van der Waals surface area contributed by atoms with Crippen molar-refractivity contribution in [3.63, 3.8) is 0 Å². The summed E-state index contributed by atoms with van der Waals surface area (Å²) in [6.07, 6.45) is 1.92. The lowest BCUT2D eigenvalue weighted by Crippen LogP contribution is -2.15. The maximum absolute atomic E-state index is 14.3. The summed E-state index contributed by atoms with van der Waals surface area (Å²) in [5.41, 5.74) is 7.06. The van der Waals surface area contributed by atoms with E-state index in [0.717, 1.165) is 18.4 Å². The number of hydrogen-bond donors (Lipinski definition) is 1. The molecule has 1 nitrogen and oxygen atoms in total. The van der Waals surface area contributed by atoms with Crippen LogP contribution >= 0.6 is 0 Å². The van der Waals surface area contributed by atoms with Crippen LogP contribution < -0.4 is 5.73 Å². The highest BCUT2D eigenvalue weighted by molar-refractivity contribution is 5.43. The van der Waals surface area contributed by atoms with Gasteiger partial charge in [-0.3, -0.25) is 0 Å². The van der Waals surface area contributed by atoms with Gasteiger partial charge in [0.05, 0.1) is 0 Å². The van der Waals surface area contributed by atoms with Crippen LogP contribution in [-0.2, 0) is 12.3 Å². The molecular weight excluding hydrogens is 244 g/mol. The second-order valence-electron chi connectivity index (χ2n) is 4.64. The van der Waals surface area contributed by atoms with Crippen molar-refractivity contribution in [1.29, 1.82) is 0 Å². The Morgan fingerprint density at radius 1 is 0.895 bits per heavy atom. The van der Waals surface area contributed by atoms with E-state index in [9.17, 15) is 8.78 Å². The molecule has 0 spiro atoms. The van der Waals surface area contributed by atoms with E-state index < -0.39 is 5.92 Å². The lowest BCUT2D eigenvalue weighted by molar-refractivity contribution is 0.0428. The molecule has 0 amide bonds. The van der Waals surface area contributed by atoms with E-state index in [2.05, 4.69) is 6.92 Å². The summed E-state index contributed by atoms with van der Waals surface area (Å²) in [5.74, 6) is -2.99. The second kappa shape index (κ2) is 5.39. The second-order valence-corrected chi connectivity index (χ2v) is 4.64. The number of aryl methyl sites for hydroxylation is 1. The van der Waals surface area contributed by atoms with Crippen LogP contribution in [-0.4, -0.2) is 0 Å². The van der Waals surface area contributed by atoms with Gasteiger partial charge in [0, 0.05) is 16.8 Å². The van der Waals surface area contributed by atoms with Gasteiger partial charge in [-0.25, -0.2) is 0 Å². The summed E-state index contributed by atoms with van der Waals surface area (Å²) in [4.78, 5) is 0. The van der Waals surface area contributed by atoms with Gasteiger partial charge in [-0.05, 0) is 24.1 Å². The molecule has 0 atom stereocenters. The standard InChI is InChI=1S/C16H17F2N/c1-2-3-12-4-6-13(7-5-12)16(17,18)14-8-10-15(19)11-9-14/h4-11H,2-3,19H2,1H3. The van der Waals surface area contributed by atoms with Crippen molar-refractivity contribution >= 4 is 5.69 Å². The summed E-state index contributed by atoms with van der Waals surface area (Å²) < 4.78 is 28.6. The van der Waals surface area contributed by atoms with Gasteiger partial charge < -0.3 is 5.73 Å². The highest BCUT2D eigenvalue weighted by Gasteiger charge is 2.33. The molecule has 0 saturated heterocycles. The van der Waals surface area contributed by atoms with Crippen molar-refractivity contribution in [2.45, 2.75) is 25.7 Å². The summed E-state index contributed by atoms with van der Waals surface area (Å²) in [7, 11) is 0. The first kappa shape index (κ1) is 13.5. The van der Waals surface area contributed by atoms with Crippen LogP contribution in [0.1, 0.15) is 30.0 Å². The molecule has 3 heteroatoms. The summed E-state index contributed by atoms with van der Waals surface area (Å²) in [6.45, 7) is 2.07. The van der Waals surface area contributed by atoms with Gasteiger partial charge in [-0.15, -0.1) is 0 Å². The van der Waals surface area contributed by atoms with Crippen molar-refractivity contribution in [2.24, 2.45) is 0 Å². The quantitative estimate of drug-likeness (QED) is 0.813. The fourth-order valence-corrected chi connectivity index (χ4v) is 2.03. The van der Waals surface area contributed by atoms with Crippen molar-refractivity contribution in [2.75, 3.05) is 5.73 Å². The van der Waals surface area contributed by atoms with Crippen LogP contribution in [0.15, 0.2) is 48.5 Å². The molecule has 0 heterocycles. The maximum Gasteiger partial charge on any atom is 0.298 e. The van der Waals surface area contributed by atoms with Crippen molar-refractivity contribution in [3.8, 4) is 0 Å². The number of hydrogen-bond acceptors (Lipinski definition) is 1. The van der Waals surface area contributed by atoms with Gasteiger partial charge in [-0.1, -0.05) is 49.7 Å². The van der Waals surface area contributed by atoms with Gasteiger partial charge >= 0.3 is 0 Å². The largest absolute Gasteiger partial charge is 0.399 e. The van der Waals surface area contributed by atoms with Gasteiger partial charge in [0.1, 0.15) is 0 Å². The first-order valence-electron chi connectivity index (χ1n) is 6.37. The van der Waals surface area contributed by atoms with E-state index in [1.807, 2.05) is 0 Å². The van der Waals surface area contributed by atoms with Crippen LogP contribution in [0.25, 0.3) is 0 Å². The number of alkyl halides is 2. The zero-order chi connectivity index (χ0) is 13.9. The zero-order valence-corrected chi connectivity index (χ0v) is 10.9. The summed E-state index contributed by atoms with van der Waals surface area (Å²) in [6, 6.07) is 12.3. The van der Waals surface area contributed by atoms with Crippen LogP contribution in [0.2, 0.25) is 0 Å². The highest BCUT2D eigenvalue weighted by Crippen LogP contribution is 2.35. The third-order valence-electron chi connectivity index (χ3n) is 3.13. The molecule has 100 valence electrons. The molecule has 2 aromatic rings. The van der Waals surface area contributed by atoms with Crippen LogP contribution in [0.4, 0.5) is 14.5 Å². The zero-order valence-electron chi connectivity index (χ0n) is 10.9. The molecule has 0 fully saturated rings. The number of rotatable bonds is 4. The Labute approximate surface area is 112 Å². The minimum absolute atomic E-state index is 0.0112. The minimum atomic E-state index is -2.99. The highest BCUT2D eigenvalue weighted by atomic mass is 19.3. The molecular formula is C16H17F2N. The molecule has 2 aromatic carbocycles. The third-order valence-corrected chi connectivity index (χ3v) is 3.13. The van der Waals surface area contributed by atoms with Crippen molar-refractivity contribution < 1.29 is 8.78 Å². The lowest BCUT2D eigenvalue weighted by Gasteiger charge is -2.17. The van der Waals surface area contributed by atoms with Gasteiger partial charge in [-0.2, -0.15) is 8.78 Å². The average Bonchev–Trinajstić information content (AvgIpc) is 2.40. The van der Waals surface area contributed by atoms with Crippen molar-refractivity contribution in [1.82, 2.24) is 0 Å². The predicted octanol–water partition coefficient (Wildman–Crippen LogP) is 4.36. The minimum Gasteiger partial charge on any atom is -0.399 e. The number of nitrogen functional groups attached to an aromatic ring is 1. The smallest absolute Gasteiger partial charge is 0.298 e. The number of benzene rings is 2.